The molecule has 1 aliphatic rings. The Kier molecular flexibility index (Phi) is 2.69. The molecule has 1 aromatic heterocycles. The van der Waals surface area contributed by atoms with Crippen molar-refractivity contribution >= 4 is 34.2 Å². The van der Waals surface area contributed by atoms with Crippen LogP contribution >= 0.6 is 22.6 Å². The van der Waals surface area contributed by atoms with Gasteiger partial charge in [-0.1, -0.05) is 0 Å². The van der Waals surface area contributed by atoms with E-state index in [1.54, 1.807) is 17.3 Å². The van der Waals surface area contributed by atoms with Crippen molar-refractivity contribution in [3.63, 3.8) is 0 Å². The first kappa shape index (κ1) is 9.85. The monoisotopic (exact) mass is 304 g/mol. The van der Waals surface area contributed by atoms with Crippen molar-refractivity contribution in [3.05, 3.63) is 22.0 Å². The minimum atomic E-state index is -0.543. The summed E-state index contributed by atoms with van der Waals surface area (Å²) in [5.41, 5.74) is 0.787. The normalized spacial score (nSPS) is 21.7. The van der Waals surface area contributed by atoms with E-state index >= 15 is 0 Å². The topological polar surface area (TPSA) is 53.4 Å². The maximum absolute atomic E-state index is 11.5. The van der Waals surface area contributed by atoms with Gasteiger partial charge in [-0.05, 0) is 28.7 Å². The molecule has 1 aromatic rings. The molecule has 1 N–H and O–H groups in total. The van der Waals surface area contributed by atoms with Crippen LogP contribution in [0.15, 0.2) is 18.5 Å². The molecule has 0 saturated carbocycles. The van der Waals surface area contributed by atoms with Gasteiger partial charge in [0.15, 0.2) is 0 Å². The molecule has 1 aliphatic heterocycles. The Labute approximate surface area is 95.1 Å². The molecule has 0 aliphatic carbocycles. The highest BCUT2D eigenvalue weighted by Gasteiger charge is 2.30. The summed E-state index contributed by atoms with van der Waals surface area (Å²) in [5.74, 6) is -0.0385. The van der Waals surface area contributed by atoms with Crippen molar-refractivity contribution in [1.82, 2.24) is 4.98 Å². The van der Waals surface area contributed by atoms with Gasteiger partial charge in [-0.25, -0.2) is 0 Å². The first-order valence-electron chi connectivity index (χ1n) is 4.26. The van der Waals surface area contributed by atoms with Crippen LogP contribution in [0, 0.1) is 3.57 Å². The van der Waals surface area contributed by atoms with Gasteiger partial charge in [0.1, 0.15) is 0 Å². The molecular formula is C9H9IN2O2. The average molecular weight is 304 g/mol. The van der Waals surface area contributed by atoms with E-state index < -0.39 is 6.10 Å². The fourth-order valence-corrected chi connectivity index (χ4v) is 2.08. The van der Waals surface area contributed by atoms with Crippen LogP contribution in [0.4, 0.5) is 5.69 Å². The lowest BCUT2D eigenvalue weighted by molar-refractivity contribution is -0.117. The Bertz CT molecular complexity index is 370. The Morgan fingerprint density at radius 1 is 1.64 bits per heavy atom. The zero-order valence-electron chi connectivity index (χ0n) is 7.35. The van der Waals surface area contributed by atoms with Crippen molar-refractivity contribution in [2.45, 2.75) is 12.5 Å². The molecule has 0 radical (unpaired) electrons. The van der Waals surface area contributed by atoms with E-state index in [1.807, 2.05) is 6.07 Å². The highest BCUT2D eigenvalue weighted by atomic mass is 127. The summed E-state index contributed by atoms with van der Waals surface area (Å²) in [6.07, 6.45) is 3.00. The lowest BCUT2D eigenvalue weighted by Gasteiger charge is -2.16. The zero-order chi connectivity index (χ0) is 10.1. The van der Waals surface area contributed by atoms with Crippen LogP contribution < -0.4 is 4.90 Å². The van der Waals surface area contributed by atoms with E-state index in [2.05, 4.69) is 27.6 Å². The van der Waals surface area contributed by atoms with Crippen LogP contribution in [-0.4, -0.2) is 28.6 Å². The molecule has 2 rings (SSSR count). The number of hydrogen-bond donors (Lipinski definition) is 1. The summed E-state index contributed by atoms with van der Waals surface area (Å²) < 4.78 is 0.972. The number of hydrogen-bond acceptors (Lipinski definition) is 3. The van der Waals surface area contributed by atoms with E-state index in [0.29, 0.717) is 6.54 Å². The van der Waals surface area contributed by atoms with Gasteiger partial charge in [0, 0.05) is 9.77 Å². The summed E-state index contributed by atoms with van der Waals surface area (Å²) in [4.78, 5) is 17.0. The van der Waals surface area contributed by atoms with E-state index in [0.717, 1.165) is 9.26 Å². The first-order chi connectivity index (χ1) is 6.68. The van der Waals surface area contributed by atoms with Gasteiger partial charge in [-0.15, -0.1) is 0 Å². The molecule has 1 saturated heterocycles. The summed E-state index contributed by atoms with van der Waals surface area (Å²) in [6.45, 7) is 0.376. The predicted molar refractivity (Wildman–Crippen MR) is 59.9 cm³/mol. The molecule has 1 amide bonds. The van der Waals surface area contributed by atoms with Crippen LogP contribution in [0.25, 0.3) is 0 Å². The highest BCUT2D eigenvalue weighted by Crippen LogP contribution is 2.25. The number of carbonyl (C=O) groups excluding carboxylic acids is 1. The van der Waals surface area contributed by atoms with Crippen LogP contribution in [0.5, 0.6) is 0 Å². The molecule has 74 valence electrons. The third-order valence-electron chi connectivity index (χ3n) is 2.14. The first-order valence-corrected chi connectivity index (χ1v) is 5.34. The fourth-order valence-electron chi connectivity index (χ4n) is 1.49. The number of halogens is 1. The van der Waals surface area contributed by atoms with E-state index in [9.17, 15) is 9.90 Å². The number of rotatable bonds is 1. The standard InChI is InChI=1S/C9H9IN2O2/c10-7-1-2-11-4-8(7)12-5-6(13)3-9(12)14/h1-2,4,6,13H,3,5H2. The molecule has 2 heterocycles. The second-order valence-electron chi connectivity index (χ2n) is 3.19. The summed E-state index contributed by atoms with van der Waals surface area (Å²) in [7, 11) is 0. The van der Waals surface area contributed by atoms with Gasteiger partial charge >= 0.3 is 0 Å². The minimum absolute atomic E-state index is 0.0385. The van der Waals surface area contributed by atoms with Crippen molar-refractivity contribution in [1.29, 1.82) is 0 Å². The molecular weight excluding hydrogens is 295 g/mol. The SMILES string of the molecule is O=C1CC(O)CN1c1cnccc1I. The lowest BCUT2D eigenvalue weighted by Crippen LogP contribution is -2.26. The predicted octanol–water partition coefficient (Wildman–Crippen LogP) is 0.784. The summed E-state index contributed by atoms with van der Waals surface area (Å²) in [6, 6.07) is 1.84. The van der Waals surface area contributed by atoms with Crippen LogP contribution in [0.3, 0.4) is 0 Å². The number of carbonyl (C=O) groups is 1. The Hall–Kier alpha value is -0.690. The van der Waals surface area contributed by atoms with Crippen molar-refractivity contribution in [2.24, 2.45) is 0 Å². The number of β-amino-alcohol motifs (C(OH)–C–C–N with tert-alkyl or cyclic N) is 1. The van der Waals surface area contributed by atoms with Crippen LogP contribution in [0.2, 0.25) is 0 Å². The van der Waals surface area contributed by atoms with Gasteiger partial charge in [0.25, 0.3) is 0 Å². The van der Waals surface area contributed by atoms with Gasteiger partial charge in [0.05, 0.1) is 31.0 Å². The molecule has 5 heteroatoms. The molecule has 0 aromatic carbocycles. The number of aliphatic hydroxyl groups excluding tert-OH is 1. The van der Waals surface area contributed by atoms with Crippen LogP contribution in [0.1, 0.15) is 6.42 Å². The van der Waals surface area contributed by atoms with E-state index in [-0.39, 0.29) is 12.3 Å². The zero-order valence-corrected chi connectivity index (χ0v) is 9.51. The van der Waals surface area contributed by atoms with E-state index in [4.69, 9.17) is 0 Å². The second kappa shape index (κ2) is 3.82. The minimum Gasteiger partial charge on any atom is -0.391 e. The molecule has 4 nitrogen and oxygen atoms in total. The number of pyridine rings is 1. The van der Waals surface area contributed by atoms with Gasteiger partial charge in [-0.2, -0.15) is 0 Å². The highest BCUT2D eigenvalue weighted by molar-refractivity contribution is 14.1. The molecule has 0 spiro atoms. The summed E-state index contributed by atoms with van der Waals surface area (Å²) >= 11 is 2.15. The largest absolute Gasteiger partial charge is 0.391 e. The number of aromatic nitrogens is 1. The lowest BCUT2D eigenvalue weighted by atomic mass is 10.3. The molecule has 1 unspecified atom stereocenters. The number of amides is 1. The Morgan fingerprint density at radius 3 is 3.00 bits per heavy atom. The Morgan fingerprint density at radius 2 is 2.43 bits per heavy atom. The number of aliphatic hydroxyl groups is 1. The average Bonchev–Trinajstić information content (AvgIpc) is 2.46. The maximum atomic E-state index is 11.5. The molecule has 0 bridgehead atoms. The third kappa shape index (κ3) is 1.74. The smallest absolute Gasteiger partial charge is 0.229 e. The van der Waals surface area contributed by atoms with E-state index in [1.165, 1.54) is 0 Å². The Balaban J connectivity index is 2.32. The molecule has 1 atom stereocenters. The fraction of sp³-hybridized carbons (Fsp3) is 0.333. The van der Waals surface area contributed by atoms with Gasteiger partial charge in [0.2, 0.25) is 5.91 Å². The van der Waals surface area contributed by atoms with Gasteiger partial charge in [-0.3, -0.25) is 9.78 Å². The second-order valence-corrected chi connectivity index (χ2v) is 4.35. The van der Waals surface area contributed by atoms with Crippen molar-refractivity contribution < 1.29 is 9.90 Å². The number of anilines is 1. The summed E-state index contributed by atoms with van der Waals surface area (Å²) in [5, 5.41) is 9.34. The third-order valence-corrected chi connectivity index (χ3v) is 3.06. The molecule has 14 heavy (non-hydrogen) atoms. The van der Waals surface area contributed by atoms with Crippen molar-refractivity contribution in [3.8, 4) is 0 Å². The van der Waals surface area contributed by atoms with Gasteiger partial charge < -0.3 is 10.0 Å². The number of nitrogens with zero attached hydrogens (tertiary/aromatic N) is 2. The van der Waals surface area contributed by atoms with Crippen LogP contribution in [-0.2, 0) is 4.79 Å². The maximum Gasteiger partial charge on any atom is 0.229 e. The molecule has 1 fully saturated rings. The quantitative estimate of drug-likeness (QED) is 0.780. The van der Waals surface area contributed by atoms with Crippen molar-refractivity contribution in [2.75, 3.05) is 11.4 Å².